The molecule has 1 heterocycles. The maximum absolute atomic E-state index is 11.9. The smallest absolute Gasteiger partial charge is 0.272 e. The van der Waals surface area contributed by atoms with Crippen LogP contribution >= 0.6 is 15.9 Å². The second-order valence-corrected chi connectivity index (χ2v) is 4.44. The molecule has 0 saturated heterocycles. The van der Waals surface area contributed by atoms with Crippen molar-refractivity contribution in [1.82, 2.24) is 9.55 Å². The van der Waals surface area contributed by atoms with Gasteiger partial charge >= 0.3 is 0 Å². The highest BCUT2D eigenvalue weighted by Crippen LogP contribution is 2.17. The van der Waals surface area contributed by atoms with E-state index < -0.39 is 6.10 Å². The molecule has 0 fully saturated rings. The van der Waals surface area contributed by atoms with Crippen LogP contribution in [0.25, 0.3) is 0 Å². The monoisotopic (exact) mass is 294 g/mol. The van der Waals surface area contributed by atoms with Crippen molar-refractivity contribution in [2.75, 3.05) is 0 Å². The van der Waals surface area contributed by atoms with Crippen molar-refractivity contribution >= 4 is 21.8 Å². The zero-order valence-electron chi connectivity index (χ0n) is 9.21. The molecule has 0 radical (unpaired) electrons. The number of carbonyl (C=O) groups is 1. The highest BCUT2D eigenvalue weighted by atomic mass is 79.9. The second kappa shape index (κ2) is 5.14. The SMILES string of the molecule is CC(Oc1ccc(Br)cc1)C(=O)n1ccnc1. The highest BCUT2D eigenvalue weighted by Gasteiger charge is 2.15. The van der Waals surface area contributed by atoms with E-state index in [0.29, 0.717) is 5.75 Å². The molecule has 4 nitrogen and oxygen atoms in total. The van der Waals surface area contributed by atoms with Gasteiger partial charge in [0.1, 0.15) is 12.1 Å². The van der Waals surface area contributed by atoms with Crippen LogP contribution in [0, 0.1) is 0 Å². The molecule has 0 aliphatic rings. The van der Waals surface area contributed by atoms with Crippen molar-refractivity contribution in [2.24, 2.45) is 0 Å². The minimum absolute atomic E-state index is 0.148. The second-order valence-electron chi connectivity index (χ2n) is 3.52. The minimum atomic E-state index is -0.551. The summed E-state index contributed by atoms with van der Waals surface area (Å²) in [6.45, 7) is 1.71. The Morgan fingerprint density at radius 2 is 2.12 bits per heavy atom. The van der Waals surface area contributed by atoms with Gasteiger partial charge in [-0.05, 0) is 31.2 Å². The first-order valence-electron chi connectivity index (χ1n) is 5.11. The van der Waals surface area contributed by atoms with Crippen LogP contribution < -0.4 is 4.74 Å². The van der Waals surface area contributed by atoms with Gasteiger partial charge in [-0.1, -0.05) is 15.9 Å². The van der Waals surface area contributed by atoms with Gasteiger partial charge in [-0.25, -0.2) is 4.98 Å². The maximum atomic E-state index is 11.9. The first kappa shape index (κ1) is 11.9. The van der Waals surface area contributed by atoms with E-state index in [0.717, 1.165) is 4.47 Å². The average molecular weight is 295 g/mol. The van der Waals surface area contributed by atoms with Gasteiger partial charge in [0.05, 0.1) is 0 Å². The number of ether oxygens (including phenoxy) is 1. The van der Waals surface area contributed by atoms with Crippen molar-refractivity contribution < 1.29 is 9.53 Å². The molecule has 1 aromatic carbocycles. The fourth-order valence-electron chi connectivity index (χ4n) is 1.37. The van der Waals surface area contributed by atoms with Crippen LogP contribution in [0.3, 0.4) is 0 Å². The van der Waals surface area contributed by atoms with E-state index in [1.165, 1.54) is 10.9 Å². The van der Waals surface area contributed by atoms with Crippen LogP contribution in [-0.4, -0.2) is 21.6 Å². The van der Waals surface area contributed by atoms with Crippen molar-refractivity contribution in [3.05, 3.63) is 47.5 Å². The van der Waals surface area contributed by atoms with Crippen LogP contribution in [0.1, 0.15) is 11.7 Å². The molecule has 17 heavy (non-hydrogen) atoms. The van der Waals surface area contributed by atoms with Crippen molar-refractivity contribution in [1.29, 1.82) is 0 Å². The summed E-state index contributed by atoms with van der Waals surface area (Å²) in [5.41, 5.74) is 0. The van der Waals surface area contributed by atoms with Gasteiger partial charge in [-0.2, -0.15) is 0 Å². The minimum Gasteiger partial charge on any atom is -0.481 e. The summed E-state index contributed by atoms with van der Waals surface area (Å²) in [4.78, 5) is 15.7. The number of hydrogen-bond acceptors (Lipinski definition) is 3. The Morgan fingerprint density at radius 1 is 1.41 bits per heavy atom. The molecule has 0 aliphatic heterocycles. The fraction of sp³-hybridized carbons (Fsp3) is 0.167. The quantitative estimate of drug-likeness (QED) is 0.874. The average Bonchev–Trinajstić information content (AvgIpc) is 2.84. The molecular formula is C12H11BrN2O2. The van der Waals surface area contributed by atoms with Gasteiger partial charge in [0, 0.05) is 16.9 Å². The van der Waals surface area contributed by atoms with Crippen LogP contribution in [0.4, 0.5) is 0 Å². The summed E-state index contributed by atoms with van der Waals surface area (Å²) in [7, 11) is 0. The standard InChI is InChI=1S/C12H11BrN2O2/c1-9(12(16)15-7-6-14-8-15)17-11-4-2-10(13)3-5-11/h2-9H,1H3. The molecule has 0 amide bonds. The summed E-state index contributed by atoms with van der Waals surface area (Å²) < 4.78 is 7.91. The number of hydrogen-bond donors (Lipinski definition) is 0. The van der Waals surface area contributed by atoms with E-state index in [2.05, 4.69) is 20.9 Å². The van der Waals surface area contributed by atoms with Crippen molar-refractivity contribution in [2.45, 2.75) is 13.0 Å². The van der Waals surface area contributed by atoms with Crippen LogP contribution in [0.15, 0.2) is 47.5 Å². The first-order valence-corrected chi connectivity index (χ1v) is 5.90. The topological polar surface area (TPSA) is 44.1 Å². The zero-order chi connectivity index (χ0) is 12.3. The molecule has 0 bridgehead atoms. The zero-order valence-corrected chi connectivity index (χ0v) is 10.8. The molecule has 1 atom stereocenters. The van der Waals surface area contributed by atoms with Gasteiger partial charge in [-0.15, -0.1) is 0 Å². The largest absolute Gasteiger partial charge is 0.481 e. The summed E-state index contributed by atoms with van der Waals surface area (Å²) in [6, 6.07) is 7.34. The van der Waals surface area contributed by atoms with Crippen molar-refractivity contribution in [3.8, 4) is 5.75 Å². The Morgan fingerprint density at radius 3 is 2.71 bits per heavy atom. The molecule has 0 saturated carbocycles. The normalized spacial score (nSPS) is 12.1. The number of halogens is 1. The maximum Gasteiger partial charge on any atom is 0.272 e. The van der Waals surface area contributed by atoms with Gasteiger partial charge < -0.3 is 4.74 Å². The lowest BCUT2D eigenvalue weighted by molar-refractivity contribution is 0.0727. The predicted molar refractivity (Wildman–Crippen MR) is 67.1 cm³/mol. The van der Waals surface area contributed by atoms with Crippen LogP contribution in [0.2, 0.25) is 0 Å². The van der Waals surface area contributed by atoms with Gasteiger partial charge in [-0.3, -0.25) is 9.36 Å². The molecule has 88 valence electrons. The number of aromatic nitrogens is 2. The predicted octanol–water partition coefficient (Wildman–Crippen LogP) is 2.75. The molecule has 2 rings (SSSR count). The Hall–Kier alpha value is -1.62. The lowest BCUT2D eigenvalue weighted by Gasteiger charge is -2.13. The molecule has 5 heteroatoms. The van der Waals surface area contributed by atoms with E-state index in [4.69, 9.17) is 4.74 Å². The molecule has 0 aliphatic carbocycles. The van der Waals surface area contributed by atoms with Crippen LogP contribution in [-0.2, 0) is 0 Å². The Balaban J connectivity index is 2.04. The lowest BCUT2D eigenvalue weighted by atomic mass is 10.3. The Kier molecular flexibility index (Phi) is 3.58. The number of nitrogens with zero attached hydrogens (tertiary/aromatic N) is 2. The third-order valence-electron chi connectivity index (χ3n) is 2.23. The summed E-state index contributed by atoms with van der Waals surface area (Å²) in [5, 5.41) is 0. The summed E-state index contributed by atoms with van der Waals surface area (Å²) >= 11 is 3.34. The number of benzene rings is 1. The van der Waals surface area contributed by atoms with Gasteiger partial charge in [0.15, 0.2) is 6.10 Å². The van der Waals surface area contributed by atoms with E-state index in [9.17, 15) is 4.79 Å². The third kappa shape index (κ3) is 2.94. The fourth-order valence-corrected chi connectivity index (χ4v) is 1.63. The highest BCUT2D eigenvalue weighted by molar-refractivity contribution is 9.10. The lowest BCUT2D eigenvalue weighted by Crippen LogP contribution is -2.28. The number of rotatable bonds is 3. The van der Waals surface area contributed by atoms with E-state index in [1.807, 2.05) is 24.3 Å². The van der Waals surface area contributed by atoms with Crippen LogP contribution in [0.5, 0.6) is 5.75 Å². The summed E-state index contributed by atoms with van der Waals surface area (Å²) in [5.74, 6) is 0.514. The van der Waals surface area contributed by atoms with E-state index in [-0.39, 0.29) is 5.91 Å². The van der Waals surface area contributed by atoms with Crippen molar-refractivity contribution in [3.63, 3.8) is 0 Å². The van der Waals surface area contributed by atoms with E-state index >= 15 is 0 Å². The molecular weight excluding hydrogens is 284 g/mol. The number of imidazole rings is 1. The Labute approximate surface area is 107 Å². The summed E-state index contributed by atoms with van der Waals surface area (Å²) in [6.07, 6.45) is 4.07. The first-order chi connectivity index (χ1) is 8.16. The molecule has 0 N–H and O–H groups in total. The van der Waals surface area contributed by atoms with Gasteiger partial charge in [0.25, 0.3) is 5.91 Å². The molecule has 1 aromatic heterocycles. The molecule has 0 spiro atoms. The third-order valence-corrected chi connectivity index (χ3v) is 2.76. The number of carbonyl (C=O) groups excluding carboxylic acids is 1. The van der Waals surface area contributed by atoms with E-state index in [1.54, 1.807) is 19.3 Å². The molecule has 2 aromatic rings. The molecule has 1 unspecified atom stereocenters. The van der Waals surface area contributed by atoms with Gasteiger partial charge in [0.2, 0.25) is 0 Å². The Bertz CT molecular complexity index is 494.